The fourth-order valence-electron chi connectivity index (χ4n) is 5.37. The smallest absolute Gasteiger partial charge is 0.335 e. The van der Waals surface area contributed by atoms with Crippen molar-refractivity contribution in [3.8, 4) is 11.1 Å². The maximum atomic E-state index is 13.5. The summed E-state index contributed by atoms with van der Waals surface area (Å²) in [5.74, 6) is -3.62. The summed E-state index contributed by atoms with van der Waals surface area (Å²) in [6.07, 6.45) is -0.879. The summed E-state index contributed by atoms with van der Waals surface area (Å²) in [5.41, 5.74) is 5.62. The standard InChI is InChI=1S/C28H32N4O3S.C4H6O6/c1-5-36(34,35)21-8-6-7-19(14-21)23-15-22(28(33)30-20-9-11-32(4)12-10-20)18(3)26-25(23)24-13-17(2)16-29-27(24)31-26;5-1(3(7)8)2(6)4(9)10/h6-8,13-16,20H,5,9-12H2,1-4H3,(H,29,31)(H,30,33);1-2,5-6H,(H,7,8)(H,9,10). The number of likely N-dealkylation sites (tertiary alicyclic amines) is 1. The van der Waals surface area contributed by atoms with Crippen LogP contribution in [0.3, 0.4) is 0 Å². The molecule has 6 N–H and O–H groups in total. The summed E-state index contributed by atoms with van der Waals surface area (Å²) >= 11 is 0. The van der Waals surface area contributed by atoms with Crippen LogP contribution in [0.4, 0.5) is 0 Å². The van der Waals surface area contributed by atoms with Gasteiger partial charge in [-0.05, 0) is 93.3 Å². The molecule has 1 amide bonds. The summed E-state index contributed by atoms with van der Waals surface area (Å²) in [7, 11) is -1.28. The van der Waals surface area contributed by atoms with Crippen LogP contribution in [0.5, 0.6) is 0 Å². The predicted octanol–water partition coefficient (Wildman–Crippen LogP) is 2.49. The van der Waals surface area contributed by atoms with Crippen molar-refractivity contribution in [2.24, 2.45) is 0 Å². The number of H-pyrrole nitrogens is 1. The molecule has 14 heteroatoms. The van der Waals surface area contributed by atoms with Gasteiger partial charge < -0.3 is 35.6 Å². The number of carbonyl (C=O) groups is 3. The Bertz CT molecular complexity index is 1880. The number of nitrogens with zero attached hydrogens (tertiary/aromatic N) is 2. The van der Waals surface area contributed by atoms with Gasteiger partial charge in [0.25, 0.3) is 5.91 Å². The highest BCUT2D eigenvalue weighted by molar-refractivity contribution is 7.91. The van der Waals surface area contributed by atoms with Gasteiger partial charge in [0.2, 0.25) is 0 Å². The zero-order valence-electron chi connectivity index (χ0n) is 25.9. The zero-order chi connectivity index (χ0) is 33.9. The molecule has 0 radical (unpaired) electrons. The SMILES string of the molecule is CCS(=O)(=O)c1cccc(-c2cc(C(=O)NC3CCN(C)CC3)c(C)c3[nH]c4ncc(C)cc4c23)c1.O=C(O)C(O)C(O)C(=O)O. The fourth-order valence-corrected chi connectivity index (χ4v) is 6.29. The highest BCUT2D eigenvalue weighted by atomic mass is 32.2. The first kappa shape index (κ1) is 34.5. The molecule has 2 atom stereocenters. The molecule has 2 aromatic heterocycles. The molecule has 246 valence electrons. The molecule has 0 spiro atoms. The number of carboxylic acid groups (broad SMARTS) is 2. The van der Waals surface area contributed by atoms with E-state index in [1.807, 2.05) is 32.2 Å². The lowest BCUT2D eigenvalue weighted by Crippen LogP contribution is -2.43. The molecule has 2 aromatic carbocycles. The van der Waals surface area contributed by atoms with Crippen molar-refractivity contribution < 1.29 is 43.2 Å². The van der Waals surface area contributed by atoms with E-state index in [-0.39, 0.29) is 22.6 Å². The lowest BCUT2D eigenvalue weighted by atomic mass is 9.93. The van der Waals surface area contributed by atoms with Gasteiger partial charge in [-0.2, -0.15) is 0 Å². The minimum Gasteiger partial charge on any atom is -0.479 e. The molecule has 3 heterocycles. The Morgan fingerprint density at radius 2 is 1.67 bits per heavy atom. The number of fused-ring (bicyclic) bond motifs is 3. The predicted molar refractivity (Wildman–Crippen MR) is 172 cm³/mol. The van der Waals surface area contributed by atoms with Crippen LogP contribution in [0, 0.1) is 13.8 Å². The number of rotatable bonds is 8. The number of aromatic amines is 1. The molecule has 0 aliphatic carbocycles. The number of aryl methyl sites for hydroxylation is 2. The molecule has 4 aromatic rings. The van der Waals surface area contributed by atoms with Gasteiger partial charge in [-0.3, -0.25) is 4.79 Å². The van der Waals surface area contributed by atoms with Crippen molar-refractivity contribution in [1.82, 2.24) is 20.2 Å². The molecule has 13 nitrogen and oxygen atoms in total. The number of hydrogen-bond donors (Lipinski definition) is 6. The molecule has 5 rings (SSSR count). The number of piperidine rings is 1. The van der Waals surface area contributed by atoms with E-state index in [0.717, 1.165) is 70.1 Å². The van der Waals surface area contributed by atoms with Crippen LogP contribution in [-0.2, 0) is 19.4 Å². The number of hydrogen-bond acceptors (Lipinski definition) is 9. The highest BCUT2D eigenvalue weighted by Crippen LogP contribution is 2.38. The van der Waals surface area contributed by atoms with E-state index in [0.29, 0.717) is 5.56 Å². The van der Waals surface area contributed by atoms with Crippen molar-refractivity contribution in [2.75, 3.05) is 25.9 Å². The number of aliphatic hydroxyl groups excluding tert-OH is 2. The monoisotopic (exact) mass is 654 g/mol. The Balaban J connectivity index is 0.000000416. The normalized spacial score (nSPS) is 15.6. The molecule has 1 saturated heterocycles. The maximum Gasteiger partial charge on any atom is 0.335 e. The maximum absolute atomic E-state index is 13.5. The minimum absolute atomic E-state index is 0.0280. The average molecular weight is 655 g/mol. The number of carboxylic acids is 2. The van der Waals surface area contributed by atoms with Crippen LogP contribution in [0.25, 0.3) is 33.1 Å². The van der Waals surface area contributed by atoms with Crippen LogP contribution < -0.4 is 5.32 Å². The summed E-state index contributed by atoms with van der Waals surface area (Å²) in [6.45, 7) is 7.51. The van der Waals surface area contributed by atoms with E-state index in [1.165, 1.54) is 0 Å². The highest BCUT2D eigenvalue weighted by Gasteiger charge is 2.29. The van der Waals surface area contributed by atoms with E-state index in [1.54, 1.807) is 25.1 Å². The Hall–Kier alpha value is -4.37. The topological polar surface area (TPSA) is 210 Å². The summed E-state index contributed by atoms with van der Waals surface area (Å²) in [4.78, 5) is 43.6. The van der Waals surface area contributed by atoms with Crippen molar-refractivity contribution in [2.45, 2.75) is 56.8 Å². The fraction of sp³-hybridized carbons (Fsp3) is 0.375. The number of nitrogens with one attached hydrogen (secondary N) is 2. The number of aliphatic carboxylic acids is 2. The van der Waals surface area contributed by atoms with Gasteiger partial charge in [0.15, 0.2) is 22.0 Å². The number of aliphatic hydroxyl groups is 2. The molecular weight excluding hydrogens is 616 g/mol. The van der Waals surface area contributed by atoms with Crippen molar-refractivity contribution in [1.29, 1.82) is 0 Å². The van der Waals surface area contributed by atoms with Crippen LogP contribution in [0.2, 0.25) is 0 Å². The van der Waals surface area contributed by atoms with Gasteiger partial charge in [-0.25, -0.2) is 23.0 Å². The van der Waals surface area contributed by atoms with Crippen molar-refractivity contribution in [3.05, 3.63) is 59.3 Å². The summed E-state index contributed by atoms with van der Waals surface area (Å²) < 4.78 is 25.3. The molecule has 0 saturated carbocycles. The minimum atomic E-state index is -3.38. The quantitative estimate of drug-likeness (QED) is 0.163. The third-order valence-corrected chi connectivity index (χ3v) is 9.84. The number of benzene rings is 2. The second-order valence-corrected chi connectivity index (χ2v) is 13.7. The van der Waals surface area contributed by atoms with E-state index in [2.05, 4.69) is 33.3 Å². The molecule has 2 unspecified atom stereocenters. The second kappa shape index (κ2) is 14.0. The number of pyridine rings is 1. The Morgan fingerprint density at radius 1 is 1.04 bits per heavy atom. The van der Waals surface area contributed by atoms with Crippen molar-refractivity contribution in [3.63, 3.8) is 0 Å². The van der Waals surface area contributed by atoms with Gasteiger partial charge in [0.05, 0.1) is 16.2 Å². The first-order chi connectivity index (χ1) is 21.6. The second-order valence-electron chi connectivity index (χ2n) is 11.4. The van der Waals surface area contributed by atoms with E-state index >= 15 is 0 Å². The molecular formula is C32H38N4O9S. The van der Waals surface area contributed by atoms with Crippen LogP contribution in [-0.4, -0.2) is 106 Å². The lowest BCUT2D eigenvalue weighted by molar-refractivity contribution is -0.165. The molecule has 1 aliphatic heterocycles. The van der Waals surface area contributed by atoms with E-state index in [4.69, 9.17) is 20.4 Å². The summed E-state index contributed by atoms with van der Waals surface area (Å²) in [5, 5.41) is 37.7. The number of amides is 1. The number of sulfone groups is 1. The van der Waals surface area contributed by atoms with Gasteiger partial charge >= 0.3 is 11.9 Å². The van der Waals surface area contributed by atoms with Crippen LogP contribution in [0.1, 0.15) is 41.3 Å². The van der Waals surface area contributed by atoms with Crippen molar-refractivity contribution >= 4 is 49.6 Å². The molecule has 0 bridgehead atoms. The third-order valence-electron chi connectivity index (χ3n) is 8.11. The molecule has 1 aliphatic rings. The van der Waals surface area contributed by atoms with Gasteiger partial charge in [0.1, 0.15) is 5.65 Å². The number of carbonyl (C=O) groups excluding carboxylic acids is 1. The first-order valence-electron chi connectivity index (χ1n) is 14.7. The lowest BCUT2D eigenvalue weighted by Gasteiger charge is -2.29. The van der Waals surface area contributed by atoms with Gasteiger partial charge in [-0.15, -0.1) is 0 Å². The Kier molecular flexibility index (Phi) is 10.5. The number of aromatic nitrogens is 2. The van der Waals surface area contributed by atoms with Gasteiger partial charge in [-0.1, -0.05) is 19.1 Å². The van der Waals surface area contributed by atoms with E-state index in [9.17, 15) is 22.8 Å². The van der Waals surface area contributed by atoms with Crippen LogP contribution >= 0.6 is 0 Å². The molecule has 1 fully saturated rings. The van der Waals surface area contributed by atoms with Crippen LogP contribution in [0.15, 0.2) is 47.5 Å². The Labute approximate surface area is 265 Å². The molecule has 46 heavy (non-hydrogen) atoms. The Morgan fingerprint density at radius 3 is 2.26 bits per heavy atom. The zero-order valence-corrected chi connectivity index (χ0v) is 26.8. The summed E-state index contributed by atoms with van der Waals surface area (Å²) in [6, 6.07) is 11.1. The largest absolute Gasteiger partial charge is 0.479 e. The first-order valence-corrected chi connectivity index (χ1v) is 16.4. The average Bonchev–Trinajstić information content (AvgIpc) is 3.41. The van der Waals surface area contributed by atoms with Gasteiger partial charge in [0, 0.05) is 28.6 Å². The van der Waals surface area contributed by atoms with E-state index < -0.39 is 34.0 Å². The third kappa shape index (κ3) is 7.36.